The Morgan fingerprint density at radius 1 is 1.33 bits per heavy atom. The van der Waals surface area contributed by atoms with Crippen LogP contribution in [0, 0.1) is 6.92 Å². The molecule has 6 nitrogen and oxygen atoms in total. The molecular formula is C18H22N4O2. The molecule has 0 bridgehead atoms. The van der Waals surface area contributed by atoms with Gasteiger partial charge in [-0.05, 0) is 38.8 Å². The molecule has 2 amide bonds. The Labute approximate surface area is 141 Å². The third-order valence-corrected chi connectivity index (χ3v) is 4.31. The lowest BCUT2D eigenvalue weighted by Gasteiger charge is -2.32. The molecule has 1 aromatic heterocycles. The van der Waals surface area contributed by atoms with Crippen molar-refractivity contribution >= 4 is 17.5 Å². The van der Waals surface area contributed by atoms with Crippen LogP contribution < -0.4 is 10.2 Å². The van der Waals surface area contributed by atoms with Crippen LogP contribution in [-0.4, -0.2) is 34.2 Å². The summed E-state index contributed by atoms with van der Waals surface area (Å²) >= 11 is 0. The Bertz CT molecular complexity index is 736. The number of amides is 2. The fourth-order valence-electron chi connectivity index (χ4n) is 2.89. The SMILES string of the molecule is CCn1cc(C(=O)NC2CCCN(c3ccc(C)cc3)C2=O)cn1. The van der Waals surface area contributed by atoms with E-state index in [4.69, 9.17) is 0 Å². The summed E-state index contributed by atoms with van der Waals surface area (Å²) in [5.74, 6) is -0.305. The molecule has 0 saturated carbocycles. The first kappa shape index (κ1) is 16.2. The van der Waals surface area contributed by atoms with Crippen LogP contribution in [0.4, 0.5) is 5.69 Å². The van der Waals surface area contributed by atoms with Gasteiger partial charge in [0.25, 0.3) is 5.91 Å². The van der Waals surface area contributed by atoms with Gasteiger partial charge in [-0.15, -0.1) is 0 Å². The van der Waals surface area contributed by atoms with Crippen LogP contribution in [0.15, 0.2) is 36.7 Å². The number of carbonyl (C=O) groups excluding carboxylic acids is 2. The maximum Gasteiger partial charge on any atom is 0.255 e. The summed E-state index contributed by atoms with van der Waals surface area (Å²) < 4.78 is 1.69. The van der Waals surface area contributed by atoms with E-state index in [2.05, 4.69) is 10.4 Å². The first-order valence-corrected chi connectivity index (χ1v) is 8.30. The zero-order valence-electron chi connectivity index (χ0n) is 14.0. The normalized spacial score (nSPS) is 17.8. The quantitative estimate of drug-likeness (QED) is 0.936. The number of carbonyl (C=O) groups is 2. The van der Waals surface area contributed by atoms with E-state index in [-0.39, 0.29) is 11.8 Å². The van der Waals surface area contributed by atoms with Gasteiger partial charge in [-0.3, -0.25) is 14.3 Å². The smallest absolute Gasteiger partial charge is 0.255 e. The van der Waals surface area contributed by atoms with Gasteiger partial charge < -0.3 is 10.2 Å². The van der Waals surface area contributed by atoms with Crippen LogP contribution in [0.2, 0.25) is 0 Å². The predicted molar refractivity (Wildman–Crippen MR) is 91.9 cm³/mol. The highest BCUT2D eigenvalue weighted by Gasteiger charge is 2.31. The maximum atomic E-state index is 12.7. The number of piperidine rings is 1. The average Bonchev–Trinajstić information content (AvgIpc) is 3.07. The molecule has 1 N–H and O–H groups in total. The number of benzene rings is 1. The molecule has 1 saturated heterocycles. The molecule has 24 heavy (non-hydrogen) atoms. The van der Waals surface area contributed by atoms with Crippen molar-refractivity contribution in [1.29, 1.82) is 0 Å². The second kappa shape index (κ2) is 6.86. The molecule has 1 atom stereocenters. The molecule has 0 spiro atoms. The van der Waals surface area contributed by atoms with Crippen LogP contribution in [0.1, 0.15) is 35.7 Å². The van der Waals surface area contributed by atoms with Crippen LogP contribution >= 0.6 is 0 Å². The molecule has 1 aromatic carbocycles. The summed E-state index contributed by atoms with van der Waals surface area (Å²) in [5.41, 5.74) is 2.52. The topological polar surface area (TPSA) is 67.2 Å². The van der Waals surface area contributed by atoms with Gasteiger partial charge in [0.1, 0.15) is 6.04 Å². The van der Waals surface area contributed by atoms with Crippen molar-refractivity contribution < 1.29 is 9.59 Å². The third kappa shape index (κ3) is 3.32. The maximum absolute atomic E-state index is 12.7. The van der Waals surface area contributed by atoms with Gasteiger partial charge in [-0.1, -0.05) is 17.7 Å². The predicted octanol–water partition coefficient (Wildman–Crippen LogP) is 2.14. The number of aromatic nitrogens is 2. The van der Waals surface area contributed by atoms with E-state index in [1.807, 2.05) is 38.1 Å². The largest absolute Gasteiger partial charge is 0.340 e. The minimum Gasteiger partial charge on any atom is -0.340 e. The summed E-state index contributed by atoms with van der Waals surface area (Å²) in [6.45, 7) is 5.36. The molecule has 3 rings (SSSR count). The number of hydrogen-bond donors (Lipinski definition) is 1. The van der Waals surface area contributed by atoms with Gasteiger partial charge in [0.15, 0.2) is 0 Å². The summed E-state index contributed by atoms with van der Waals surface area (Å²) in [4.78, 5) is 26.8. The lowest BCUT2D eigenvalue weighted by Crippen LogP contribution is -2.52. The number of hydrogen-bond acceptors (Lipinski definition) is 3. The fraction of sp³-hybridized carbons (Fsp3) is 0.389. The van der Waals surface area contributed by atoms with E-state index in [0.717, 1.165) is 17.7 Å². The third-order valence-electron chi connectivity index (χ3n) is 4.31. The number of rotatable bonds is 4. The molecular weight excluding hydrogens is 304 g/mol. The van der Waals surface area contributed by atoms with Crippen LogP contribution in [0.5, 0.6) is 0 Å². The van der Waals surface area contributed by atoms with E-state index in [0.29, 0.717) is 25.1 Å². The highest BCUT2D eigenvalue weighted by atomic mass is 16.2. The summed E-state index contributed by atoms with van der Waals surface area (Å²) in [6, 6.07) is 7.39. The van der Waals surface area contributed by atoms with Gasteiger partial charge in [0, 0.05) is 25.0 Å². The average molecular weight is 326 g/mol. The molecule has 1 aliphatic heterocycles. The Balaban J connectivity index is 1.70. The zero-order valence-corrected chi connectivity index (χ0v) is 14.0. The van der Waals surface area contributed by atoms with Crippen LogP contribution in [-0.2, 0) is 11.3 Å². The van der Waals surface area contributed by atoms with Crippen molar-refractivity contribution in [3.63, 3.8) is 0 Å². The van der Waals surface area contributed by atoms with Crippen LogP contribution in [0.3, 0.4) is 0 Å². The molecule has 1 fully saturated rings. The highest BCUT2D eigenvalue weighted by Crippen LogP contribution is 2.21. The Morgan fingerprint density at radius 2 is 2.08 bits per heavy atom. The van der Waals surface area contributed by atoms with Crippen molar-refractivity contribution in [3.8, 4) is 0 Å². The second-order valence-corrected chi connectivity index (χ2v) is 6.08. The molecule has 6 heteroatoms. The molecule has 0 radical (unpaired) electrons. The van der Waals surface area contributed by atoms with E-state index < -0.39 is 6.04 Å². The first-order chi connectivity index (χ1) is 11.6. The van der Waals surface area contributed by atoms with Crippen molar-refractivity contribution in [2.45, 2.75) is 39.3 Å². The van der Waals surface area contributed by atoms with E-state index in [1.54, 1.807) is 15.8 Å². The Morgan fingerprint density at radius 3 is 2.75 bits per heavy atom. The van der Waals surface area contributed by atoms with Crippen molar-refractivity contribution in [3.05, 3.63) is 47.8 Å². The van der Waals surface area contributed by atoms with E-state index >= 15 is 0 Å². The number of aryl methyl sites for hydroxylation is 2. The van der Waals surface area contributed by atoms with Crippen molar-refractivity contribution in [2.75, 3.05) is 11.4 Å². The molecule has 2 aromatic rings. The number of nitrogens with zero attached hydrogens (tertiary/aromatic N) is 3. The van der Waals surface area contributed by atoms with Crippen molar-refractivity contribution in [1.82, 2.24) is 15.1 Å². The molecule has 2 heterocycles. The monoisotopic (exact) mass is 326 g/mol. The van der Waals surface area contributed by atoms with Gasteiger partial charge in [-0.25, -0.2) is 0 Å². The van der Waals surface area contributed by atoms with Gasteiger partial charge in [0.2, 0.25) is 5.91 Å². The zero-order chi connectivity index (χ0) is 17.1. The van der Waals surface area contributed by atoms with E-state index in [1.165, 1.54) is 6.20 Å². The molecule has 126 valence electrons. The highest BCUT2D eigenvalue weighted by molar-refractivity contribution is 6.02. The Hall–Kier alpha value is -2.63. The number of nitrogens with one attached hydrogen (secondary N) is 1. The minimum absolute atomic E-state index is 0.0543. The standard InChI is InChI=1S/C18H22N4O2/c1-3-21-12-14(11-19-21)17(23)20-16-5-4-10-22(18(16)24)15-8-6-13(2)7-9-15/h6-9,11-12,16H,3-5,10H2,1-2H3,(H,20,23). The first-order valence-electron chi connectivity index (χ1n) is 8.30. The van der Waals surface area contributed by atoms with E-state index in [9.17, 15) is 9.59 Å². The fourth-order valence-corrected chi connectivity index (χ4v) is 2.89. The summed E-state index contributed by atoms with van der Waals surface area (Å²) in [7, 11) is 0. The Kier molecular flexibility index (Phi) is 4.64. The van der Waals surface area contributed by atoms with Gasteiger partial charge >= 0.3 is 0 Å². The lowest BCUT2D eigenvalue weighted by atomic mass is 10.0. The van der Waals surface area contributed by atoms with Crippen LogP contribution in [0.25, 0.3) is 0 Å². The summed E-state index contributed by atoms with van der Waals surface area (Å²) in [5, 5.41) is 6.95. The van der Waals surface area contributed by atoms with Gasteiger partial charge in [0.05, 0.1) is 11.8 Å². The number of anilines is 1. The minimum atomic E-state index is -0.488. The second-order valence-electron chi connectivity index (χ2n) is 6.08. The van der Waals surface area contributed by atoms with Gasteiger partial charge in [-0.2, -0.15) is 5.10 Å². The molecule has 1 unspecified atom stereocenters. The summed E-state index contributed by atoms with van der Waals surface area (Å²) in [6.07, 6.45) is 4.75. The molecule has 0 aliphatic carbocycles. The molecule has 1 aliphatic rings. The lowest BCUT2D eigenvalue weighted by molar-refractivity contribution is -0.121. The van der Waals surface area contributed by atoms with Crippen molar-refractivity contribution in [2.24, 2.45) is 0 Å².